The van der Waals surface area contributed by atoms with Crippen LogP contribution in [0.15, 0.2) is 41.5 Å². The average Bonchev–Trinajstić information content (AvgIpc) is 2.93. The summed E-state index contributed by atoms with van der Waals surface area (Å²) in [6, 6.07) is 9.33. The van der Waals surface area contributed by atoms with Gasteiger partial charge in [-0.25, -0.2) is 9.37 Å². The molecule has 0 radical (unpaired) electrons. The maximum Gasteiger partial charge on any atom is 0.268 e. The first-order valence-electron chi connectivity index (χ1n) is 7.25. The number of hydrogen-bond donors (Lipinski definition) is 2. The van der Waals surface area contributed by atoms with E-state index >= 15 is 0 Å². The summed E-state index contributed by atoms with van der Waals surface area (Å²) in [7, 11) is 0. The van der Waals surface area contributed by atoms with E-state index in [1.54, 1.807) is 11.3 Å². The summed E-state index contributed by atoms with van der Waals surface area (Å²) in [5.41, 5.74) is 6.18. The molecule has 0 saturated heterocycles. The molecule has 2 N–H and O–H groups in total. The second kappa shape index (κ2) is 6.76. The lowest BCUT2D eigenvalue weighted by molar-refractivity contribution is -0.109. The summed E-state index contributed by atoms with van der Waals surface area (Å²) in [5.74, 6) is -0.756. The van der Waals surface area contributed by atoms with Crippen LogP contribution in [0, 0.1) is 19.7 Å². The highest BCUT2D eigenvalue weighted by molar-refractivity contribution is 7.18. The van der Waals surface area contributed by atoms with E-state index in [9.17, 15) is 9.18 Å². The van der Waals surface area contributed by atoms with E-state index in [0.29, 0.717) is 5.69 Å². The highest BCUT2D eigenvalue weighted by Crippen LogP contribution is 2.29. The van der Waals surface area contributed by atoms with Gasteiger partial charge in [0.05, 0.1) is 20.9 Å². The quantitative estimate of drug-likeness (QED) is 0.554. The van der Waals surface area contributed by atoms with Gasteiger partial charge in [0.2, 0.25) is 0 Å². The van der Waals surface area contributed by atoms with Crippen LogP contribution in [-0.4, -0.2) is 17.1 Å². The van der Waals surface area contributed by atoms with E-state index in [1.165, 1.54) is 24.3 Å². The zero-order valence-corrected chi connectivity index (χ0v) is 13.9. The van der Waals surface area contributed by atoms with Gasteiger partial charge in [-0.05, 0) is 55.8 Å². The molecule has 1 heterocycles. The number of carbonyl (C=O) groups excluding carboxylic acids is 1. The fourth-order valence-corrected chi connectivity index (χ4v) is 3.14. The van der Waals surface area contributed by atoms with Crippen LogP contribution in [0.4, 0.5) is 15.8 Å². The fraction of sp³-hybridized carbons (Fsp3) is 0.118. The van der Waals surface area contributed by atoms with Crippen molar-refractivity contribution in [1.29, 1.82) is 0 Å². The summed E-state index contributed by atoms with van der Waals surface area (Å²) in [6.07, 6.45) is 1.14. The number of benzene rings is 2. The number of aromatic nitrogens is 1. The SMILES string of the molecule is Cc1nc2ccc(N/N=C/C(=O)Nc3ccc(F)cc3)c(C)c2s1. The Balaban J connectivity index is 1.66. The molecule has 0 saturated carbocycles. The van der Waals surface area contributed by atoms with Crippen molar-refractivity contribution in [3.05, 3.63) is 52.8 Å². The predicted molar refractivity (Wildman–Crippen MR) is 96.2 cm³/mol. The molecule has 0 aliphatic heterocycles. The third-order valence-electron chi connectivity index (χ3n) is 3.39. The Bertz CT molecular complexity index is 918. The monoisotopic (exact) mass is 342 g/mol. The summed E-state index contributed by atoms with van der Waals surface area (Å²) >= 11 is 1.62. The fourth-order valence-electron chi connectivity index (χ4n) is 2.22. The van der Waals surface area contributed by atoms with Crippen molar-refractivity contribution in [3.8, 4) is 0 Å². The highest BCUT2D eigenvalue weighted by atomic mass is 32.1. The first-order valence-corrected chi connectivity index (χ1v) is 8.07. The van der Waals surface area contributed by atoms with Gasteiger partial charge in [-0.15, -0.1) is 11.3 Å². The van der Waals surface area contributed by atoms with Crippen LogP contribution in [0.3, 0.4) is 0 Å². The number of halogens is 1. The van der Waals surface area contributed by atoms with Crippen LogP contribution in [0.2, 0.25) is 0 Å². The van der Waals surface area contributed by atoms with Crippen LogP contribution in [0.25, 0.3) is 10.2 Å². The molecular weight excluding hydrogens is 327 g/mol. The second-order valence-corrected chi connectivity index (χ2v) is 6.39. The molecule has 3 aromatic rings. The molecule has 0 fully saturated rings. The van der Waals surface area contributed by atoms with Crippen molar-refractivity contribution in [2.45, 2.75) is 13.8 Å². The van der Waals surface area contributed by atoms with Gasteiger partial charge >= 0.3 is 0 Å². The summed E-state index contributed by atoms with van der Waals surface area (Å²) < 4.78 is 13.9. The van der Waals surface area contributed by atoms with Crippen LogP contribution >= 0.6 is 11.3 Å². The van der Waals surface area contributed by atoms with Crippen LogP contribution < -0.4 is 10.7 Å². The average molecular weight is 342 g/mol. The van der Waals surface area contributed by atoms with E-state index < -0.39 is 5.91 Å². The molecule has 2 aromatic carbocycles. The number of amides is 1. The van der Waals surface area contributed by atoms with Gasteiger partial charge in [0.25, 0.3) is 5.91 Å². The topological polar surface area (TPSA) is 66.4 Å². The van der Waals surface area contributed by atoms with E-state index in [4.69, 9.17) is 0 Å². The zero-order chi connectivity index (χ0) is 17.1. The summed E-state index contributed by atoms with van der Waals surface area (Å²) in [5, 5.41) is 7.56. The third kappa shape index (κ3) is 3.57. The van der Waals surface area contributed by atoms with E-state index in [0.717, 1.165) is 32.7 Å². The summed E-state index contributed by atoms with van der Waals surface area (Å²) in [4.78, 5) is 16.2. The Labute approximate surface area is 142 Å². The first-order chi connectivity index (χ1) is 11.5. The number of fused-ring (bicyclic) bond motifs is 1. The Morgan fingerprint density at radius 2 is 1.96 bits per heavy atom. The molecule has 0 atom stereocenters. The van der Waals surface area contributed by atoms with Crippen molar-refractivity contribution < 1.29 is 9.18 Å². The Hall–Kier alpha value is -2.80. The number of thiazole rings is 1. The number of anilines is 2. The molecule has 0 unspecified atom stereocenters. The van der Waals surface area contributed by atoms with E-state index in [1.807, 2.05) is 26.0 Å². The van der Waals surface area contributed by atoms with Gasteiger partial charge in [-0.2, -0.15) is 5.10 Å². The lowest BCUT2D eigenvalue weighted by atomic mass is 10.2. The number of aryl methyl sites for hydroxylation is 2. The van der Waals surface area contributed by atoms with Gasteiger partial charge in [0.15, 0.2) is 0 Å². The molecule has 1 amide bonds. The number of nitrogens with zero attached hydrogens (tertiary/aromatic N) is 2. The zero-order valence-electron chi connectivity index (χ0n) is 13.1. The minimum atomic E-state index is -0.401. The lowest BCUT2D eigenvalue weighted by Gasteiger charge is -2.05. The van der Waals surface area contributed by atoms with Crippen molar-refractivity contribution >= 4 is 45.0 Å². The molecule has 122 valence electrons. The molecule has 0 aliphatic rings. The standard InChI is InChI=1S/C17H15FN4OS/c1-10-14(7-8-15-17(10)24-11(2)20-15)22-19-9-16(23)21-13-5-3-12(18)4-6-13/h3-9,22H,1-2H3,(H,21,23)/b19-9+. The molecule has 7 heteroatoms. The van der Waals surface area contributed by atoms with Gasteiger partial charge < -0.3 is 5.32 Å². The smallest absolute Gasteiger partial charge is 0.268 e. The van der Waals surface area contributed by atoms with Gasteiger partial charge in [0, 0.05) is 5.69 Å². The third-order valence-corrected chi connectivity index (χ3v) is 4.50. The molecular formula is C17H15FN4OS. The van der Waals surface area contributed by atoms with Gasteiger partial charge in [0.1, 0.15) is 12.0 Å². The van der Waals surface area contributed by atoms with Gasteiger partial charge in [-0.1, -0.05) is 0 Å². The first kappa shape index (κ1) is 16.1. The minimum Gasteiger partial charge on any atom is -0.321 e. The Kier molecular flexibility index (Phi) is 4.52. The normalized spacial score (nSPS) is 11.1. The predicted octanol–water partition coefficient (Wildman–Crippen LogP) is 4.09. The molecule has 5 nitrogen and oxygen atoms in total. The minimum absolute atomic E-state index is 0.354. The highest BCUT2D eigenvalue weighted by Gasteiger charge is 2.07. The molecule has 3 rings (SSSR count). The van der Waals surface area contributed by atoms with Crippen LogP contribution in [-0.2, 0) is 4.79 Å². The van der Waals surface area contributed by atoms with Crippen molar-refractivity contribution in [1.82, 2.24) is 4.98 Å². The Morgan fingerprint density at radius 3 is 2.71 bits per heavy atom. The second-order valence-electron chi connectivity index (χ2n) is 5.19. The number of hydrogen-bond acceptors (Lipinski definition) is 5. The number of carbonyl (C=O) groups is 1. The molecule has 1 aromatic heterocycles. The van der Waals surface area contributed by atoms with E-state index in [2.05, 4.69) is 20.8 Å². The molecule has 0 spiro atoms. The number of nitrogens with one attached hydrogen (secondary N) is 2. The van der Waals surface area contributed by atoms with Crippen LogP contribution in [0.1, 0.15) is 10.6 Å². The summed E-state index contributed by atoms with van der Waals surface area (Å²) in [6.45, 7) is 3.95. The van der Waals surface area contributed by atoms with Crippen molar-refractivity contribution in [2.75, 3.05) is 10.7 Å². The maximum atomic E-state index is 12.8. The maximum absolute atomic E-state index is 12.8. The van der Waals surface area contributed by atoms with E-state index in [-0.39, 0.29) is 5.82 Å². The largest absolute Gasteiger partial charge is 0.321 e. The lowest BCUT2D eigenvalue weighted by Crippen LogP contribution is -2.13. The van der Waals surface area contributed by atoms with Crippen LogP contribution in [0.5, 0.6) is 0 Å². The number of hydrazone groups is 1. The van der Waals surface area contributed by atoms with Crippen molar-refractivity contribution in [2.24, 2.45) is 5.10 Å². The Morgan fingerprint density at radius 1 is 1.21 bits per heavy atom. The molecule has 24 heavy (non-hydrogen) atoms. The number of rotatable bonds is 4. The molecule has 0 aliphatic carbocycles. The molecule has 0 bridgehead atoms. The van der Waals surface area contributed by atoms with Gasteiger partial charge in [-0.3, -0.25) is 10.2 Å². The van der Waals surface area contributed by atoms with Crippen molar-refractivity contribution in [3.63, 3.8) is 0 Å².